The fourth-order valence-electron chi connectivity index (χ4n) is 4.46. The molecule has 1 aromatic heterocycles. The molecule has 0 aliphatic carbocycles. The largest absolute Gasteiger partial charge is 0.497 e. The van der Waals surface area contributed by atoms with E-state index < -0.39 is 11.6 Å². The Labute approximate surface area is 186 Å². The lowest BCUT2D eigenvalue weighted by atomic mass is 9.87. The van der Waals surface area contributed by atoms with Crippen molar-refractivity contribution in [3.8, 4) is 11.5 Å². The Bertz CT molecular complexity index is 1140. The third-order valence-corrected chi connectivity index (χ3v) is 5.82. The van der Waals surface area contributed by atoms with E-state index in [9.17, 15) is 9.90 Å². The van der Waals surface area contributed by atoms with Gasteiger partial charge in [0.05, 0.1) is 37.0 Å². The van der Waals surface area contributed by atoms with E-state index >= 15 is 0 Å². The van der Waals surface area contributed by atoms with Crippen LogP contribution < -0.4 is 19.7 Å². The number of carbonyl (C=O) groups excluding carboxylic acids is 1. The van der Waals surface area contributed by atoms with E-state index in [1.165, 1.54) is 0 Å². The van der Waals surface area contributed by atoms with Crippen LogP contribution in [0, 0.1) is 0 Å². The van der Waals surface area contributed by atoms with E-state index in [2.05, 4.69) is 15.3 Å². The highest BCUT2D eigenvalue weighted by atomic mass is 16.5. The van der Waals surface area contributed by atoms with Crippen molar-refractivity contribution in [3.05, 3.63) is 54.1 Å². The molecule has 32 heavy (non-hydrogen) atoms. The summed E-state index contributed by atoms with van der Waals surface area (Å²) in [6, 6.07) is 13.1. The van der Waals surface area contributed by atoms with Gasteiger partial charge in [-0.25, -0.2) is 4.98 Å². The molecule has 0 spiro atoms. The number of Topliss-reactive ketones (excluding diaryl/α,β-unsaturated/α-hetero) is 1. The van der Waals surface area contributed by atoms with Gasteiger partial charge < -0.3 is 29.8 Å². The molecule has 2 atom stereocenters. The van der Waals surface area contributed by atoms with Crippen LogP contribution >= 0.6 is 0 Å². The molecule has 0 fully saturated rings. The maximum Gasteiger partial charge on any atom is 0.195 e. The molecular formula is C24H28N4O4. The number of hydrogen-bond acceptors (Lipinski definition) is 7. The number of fused-ring (bicyclic) bond motifs is 1. The standard InChI is InChI=1S/C24H28N4O4/c1-14(29)13-24(2)21(30)20(22-26-18-8-6-7-9-19(18)27-22)23(25-3)28(24)15-10-16(31-4)12-17(11-15)32-5/h6-12,14,25,29H,13H2,1-5H3,(H,26,27). The lowest BCUT2D eigenvalue weighted by Crippen LogP contribution is -2.50. The van der Waals surface area contributed by atoms with Crippen LogP contribution in [-0.4, -0.2) is 53.8 Å². The second kappa shape index (κ2) is 8.20. The van der Waals surface area contributed by atoms with E-state index in [-0.39, 0.29) is 12.2 Å². The second-order valence-corrected chi connectivity index (χ2v) is 8.14. The van der Waals surface area contributed by atoms with Crippen molar-refractivity contribution >= 4 is 28.1 Å². The number of hydrogen-bond donors (Lipinski definition) is 3. The smallest absolute Gasteiger partial charge is 0.195 e. The fraction of sp³-hybridized carbons (Fsp3) is 0.333. The highest BCUT2D eigenvalue weighted by molar-refractivity contribution is 6.30. The first kappa shape index (κ1) is 21.7. The number of aromatic amines is 1. The molecule has 3 N–H and O–H groups in total. The van der Waals surface area contributed by atoms with Gasteiger partial charge in [-0.3, -0.25) is 4.79 Å². The summed E-state index contributed by atoms with van der Waals surface area (Å²) in [7, 11) is 4.93. The number of anilines is 1. The van der Waals surface area contributed by atoms with E-state index in [1.807, 2.05) is 48.2 Å². The Balaban J connectivity index is 1.96. The number of benzene rings is 2. The van der Waals surface area contributed by atoms with E-state index in [0.29, 0.717) is 34.4 Å². The van der Waals surface area contributed by atoms with Gasteiger partial charge in [-0.15, -0.1) is 0 Å². The summed E-state index contributed by atoms with van der Waals surface area (Å²) in [5.41, 5.74) is 1.70. The SMILES string of the molecule is CNC1=C(c2nc3ccccc3[nH]2)C(=O)C(C)(CC(C)O)N1c1cc(OC)cc(OC)c1. The van der Waals surface area contributed by atoms with Gasteiger partial charge in [0.15, 0.2) is 5.78 Å². The minimum atomic E-state index is -1.06. The molecule has 0 saturated carbocycles. The minimum absolute atomic E-state index is 0.136. The Morgan fingerprint density at radius 3 is 2.41 bits per heavy atom. The number of nitrogens with one attached hydrogen (secondary N) is 2. The summed E-state index contributed by atoms with van der Waals surface area (Å²) in [5.74, 6) is 2.13. The second-order valence-electron chi connectivity index (χ2n) is 8.14. The maximum atomic E-state index is 13.9. The summed E-state index contributed by atoms with van der Waals surface area (Å²) < 4.78 is 10.9. The first-order chi connectivity index (χ1) is 15.3. The lowest BCUT2D eigenvalue weighted by molar-refractivity contribution is -0.118. The number of aromatic nitrogens is 2. The van der Waals surface area contributed by atoms with Crippen molar-refractivity contribution < 1.29 is 19.4 Å². The molecule has 0 saturated heterocycles. The van der Waals surface area contributed by atoms with Gasteiger partial charge in [0.2, 0.25) is 0 Å². The average Bonchev–Trinajstić information content (AvgIpc) is 3.29. The Morgan fingerprint density at radius 1 is 1.19 bits per heavy atom. The minimum Gasteiger partial charge on any atom is -0.497 e. The number of ether oxygens (including phenoxy) is 2. The normalized spacial score (nSPS) is 19.6. The fourth-order valence-corrected chi connectivity index (χ4v) is 4.46. The predicted molar refractivity (Wildman–Crippen MR) is 124 cm³/mol. The van der Waals surface area contributed by atoms with E-state index in [4.69, 9.17) is 9.47 Å². The molecule has 1 aliphatic rings. The molecule has 2 unspecified atom stereocenters. The average molecular weight is 437 g/mol. The molecule has 168 valence electrons. The third-order valence-electron chi connectivity index (χ3n) is 5.82. The Morgan fingerprint density at radius 2 is 1.84 bits per heavy atom. The monoisotopic (exact) mass is 436 g/mol. The number of H-pyrrole nitrogens is 1. The van der Waals surface area contributed by atoms with Crippen molar-refractivity contribution in [2.24, 2.45) is 0 Å². The van der Waals surface area contributed by atoms with Crippen molar-refractivity contribution in [2.45, 2.75) is 31.9 Å². The van der Waals surface area contributed by atoms with Crippen LogP contribution in [0.3, 0.4) is 0 Å². The van der Waals surface area contributed by atoms with Gasteiger partial charge in [0, 0.05) is 31.7 Å². The molecule has 4 rings (SSSR count). The first-order valence-electron chi connectivity index (χ1n) is 10.5. The zero-order chi connectivity index (χ0) is 23.0. The highest BCUT2D eigenvalue weighted by Crippen LogP contribution is 2.45. The zero-order valence-corrected chi connectivity index (χ0v) is 18.9. The Kier molecular flexibility index (Phi) is 5.56. The highest BCUT2D eigenvalue weighted by Gasteiger charge is 2.51. The van der Waals surface area contributed by atoms with E-state index in [1.54, 1.807) is 34.3 Å². The van der Waals surface area contributed by atoms with Crippen LogP contribution in [0.5, 0.6) is 11.5 Å². The number of aliphatic hydroxyl groups is 1. The van der Waals surface area contributed by atoms with E-state index in [0.717, 1.165) is 11.0 Å². The summed E-state index contributed by atoms with van der Waals surface area (Å²) in [4.78, 5) is 23.8. The molecule has 0 bridgehead atoms. The summed E-state index contributed by atoms with van der Waals surface area (Å²) in [6.45, 7) is 3.52. The quantitative estimate of drug-likeness (QED) is 0.523. The van der Waals surface area contributed by atoms with Crippen molar-refractivity contribution in [2.75, 3.05) is 26.2 Å². The van der Waals surface area contributed by atoms with Gasteiger partial charge in [0.25, 0.3) is 0 Å². The number of imidazole rings is 1. The van der Waals surface area contributed by atoms with Crippen LogP contribution in [0.2, 0.25) is 0 Å². The van der Waals surface area contributed by atoms with Crippen LogP contribution in [0.25, 0.3) is 16.6 Å². The number of rotatable bonds is 7. The summed E-state index contributed by atoms with van der Waals surface area (Å²) in [5, 5.41) is 13.5. The van der Waals surface area contributed by atoms with Crippen LogP contribution in [0.15, 0.2) is 48.3 Å². The summed E-state index contributed by atoms with van der Waals surface area (Å²) >= 11 is 0. The first-order valence-corrected chi connectivity index (χ1v) is 10.5. The van der Waals surface area contributed by atoms with Gasteiger partial charge >= 0.3 is 0 Å². The number of aliphatic hydroxyl groups excluding tert-OH is 1. The number of methoxy groups -OCH3 is 2. The molecule has 3 aromatic rings. The molecule has 2 heterocycles. The predicted octanol–water partition coefficient (Wildman–Crippen LogP) is 3.09. The molecule has 0 amide bonds. The molecular weight excluding hydrogens is 408 g/mol. The van der Waals surface area contributed by atoms with Gasteiger partial charge in [-0.1, -0.05) is 12.1 Å². The molecule has 0 radical (unpaired) electrons. The number of para-hydroxylation sites is 2. The van der Waals surface area contributed by atoms with Crippen LogP contribution in [0.4, 0.5) is 5.69 Å². The topological polar surface area (TPSA) is 99.7 Å². The van der Waals surface area contributed by atoms with Crippen molar-refractivity contribution in [3.63, 3.8) is 0 Å². The van der Waals surface area contributed by atoms with Gasteiger partial charge in [-0.05, 0) is 26.0 Å². The van der Waals surface area contributed by atoms with Crippen molar-refractivity contribution in [1.82, 2.24) is 15.3 Å². The van der Waals surface area contributed by atoms with Crippen LogP contribution in [-0.2, 0) is 4.79 Å². The van der Waals surface area contributed by atoms with Crippen LogP contribution in [0.1, 0.15) is 26.1 Å². The lowest BCUT2D eigenvalue weighted by Gasteiger charge is -2.38. The molecule has 1 aliphatic heterocycles. The number of carbonyl (C=O) groups is 1. The molecule has 8 nitrogen and oxygen atoms in total. The third kappa shape index (κ3) is 3.46. The van der Waals surface area contributed by atoms with Crippen molar-refractivity contribution in [1.29, 1.82) is 0 Å². The summed E-state index contributed by atoms with van der Waals surface area (Å²) in [6.07, 6.45) is -0.479. The Hall–Kier alpha value is -3.52. The number of nitrogens with zero attached hydrogens (tertiary/aromatic N) is 2. The molecule has 8 heteroatoms. The van der Waals surface area contributed by atoms with Gasteiger partial charge in [0.1, 0.15) is 34.3 Å². The number of ketones is 1. The van der Waals surface area contributed by atoms with Gasteiger partial charge in [-0.2, -0.15) is 0 Å². The maximum absolute atomic E-state index is 13.9. The molecule has 2 aromatic carbocycles. The zero-order valence-electron chi connectivity index (χ0n) is 18.9.